The van der Waals surface area contributed by atoms with Crippen molar-refractivity contribution >= 4 is 23.2 Å². The number of anilines is 2. The summed E-state index contributed by atoms with van der Waals surface area (Å²) < 4.78 is 0. The Bertz CT molecular complexity index is 1060. The van der Waals surface area contributed by atoms with Gasteiger partial charge in [0.25, 0.3) is 5.91 Å². The van der Waals surface area contributed by atoms with E-state index in [-0.39, 0.29) is 36.9 Å². The van der Waals surface area contributed by atoms with Gasteiger partial charge in [0.05, 0.1) is 11.4 Å². The number of nitrogens with two attached hydrogens (primary N) is 1. The van der Waals surface area contributed by atoms with Crippen LogP contribution in [0.3, 0.4) is 0 Å². The summed E-state index contributed by atoms with van der Waals surface area (Å²) in [5, 5.41) is 5.00. The highest BCUT2D eigenvalue weighted by Crippen LogP contribution is 2.31. The van der Waals surface area contributed by atoms with E-state index in [0.29, 0.717) is 5.69 Å². The topological polar surface area (TPSA) is 66.0 Å². The highest BCUT2D eigenvalue weighted by Gasteiger charge is 2.31. The molecule has 3 aromatic carbocycles. The maximum absolute atomic E-state index is 13.4. The first-order valence-corrected chi connectivity index (χ1v) is 10.7. The Labute approximate surface area is 183 Å². The van der Waals surface area contributed by atoms with Crippen molar-refractivity contribution in [2.75, 3.05) is 16.8 Å². The van der Waals surface area contributed by atoms with Crippen molar-refractivity contribution in [2.45, 2.75) is 32.4 Å². The van der Waals surface area contributed by atoms with Crippen molar-refractivity contribution in [3.63, 3.8) is 0 Å². The molecule has 2 amide bonds. The van der Waals surface area contributed by atoms with Crippen molar-refractivity contribution < 1.29 is 14.9 Å². The van der Waals surface area contributed by atoms with Crippen LogP contribution in [0.4, 0.5) is 11.4 Å². The van der Waals surface area contributed by atoms with Crippen LogP contribution in [0.25, 0.3) is 0 Å². The second-order valence-electron chi connectivity index (χ2n) is 8.12. The number of fused-ring (bicyclic) bond motifs is 1. The van der Waals surface area contributed by atoms with Gasteiger partial charge in [-0.3, -0.25) is 9.59 Å². The van der Waals surface area contributed by atoms with Crippen LogP contribution in [0.1, 0.15) is 36.1 Å². The van der Waals surface area contributed by atoms with Gasteiger partial charge in [0.2, 0.25) is 5.91 Å². The Hall–Kier alpha value is -3.44. The van der Waals surface area contributed by atoms with E-state index in [9.17, 15) is 9.59 Å². The summed E-state index contributed by atoms with van der Waals surface area (Å²) in [6.07, 6.45) is 0.278. The lowest BCUT2D eigenvalue weighted by Crippen LogP contribution is -2.88. The maximum atomic E-state index is 13.4. The molecule has 0 aliphatic carbocycles. The second kappa shape index (κ2) is 9.14. The van der Waals surface area contributed by atoms with Crippen molar-refractivity contribution in [2.24, 2.45) is 0 Å². The third kappa shape index (κ3) is 4.67. The Balaban J connectivity index is 1.59. The first-order chi connectivity index (χ1) is 15.0. The third-order valence-electron chi connectivity index (χ3n) is 5.75. The molecule has 1 aliphatic heterocycles. The zero-order valence-electron chi connectivity index (χ0n) is 17.9. The molecule has 0 saturated heterocycles. The van der Waals surface area contributed by atoms with Gasteiger partial charge in [-0.05, 0) is 26.0 Å². The van der Waals surface area contributed by atoms with Crippen molar-refractivity contribution in [3.05, 3.63) is 95.6 Å². The number of rotatable bonds is 5. The van der Waals surface area contributed by atoms with Gasteiger partial charge in [0.1, 0.15) is 6.04 Å². The summed E-state index contributed by atoms with van der Waals surface area (Å²) in [6, 6.07) is 26.0. The van der Waals surface area contributed by atoms with Gasteiger partial charge in [-0.25, -0.2) is 0 Å². The Morgan fingerprint density at radius 1 is 1.00 bits per heavy atom. The largest absolute Gasteiger partial charge is 0.328 e. The molecule has 0 unspecified atom stereocenters. The molecule has 158 valence electrons. The van der Waals surface area contributed by atoms with Gasteiger partial charge >= 0.3 is 0 Å². The van der Waals surface area contributed by atoms with Crippen LogP contribution in [0.15, 0.2) is 78.9 Å². The lowest BCUT2D eigenvalue weighted by molar-refractivity contribution is -0.676. The van der Waals surface area contributed by atoms with Crippen LogP contribution < -0.4 is 15.5 Å². The fourth-order valence-corrected chi connectivity index (χ4v) is 4.18. The first-order valence-electron chi connectivity index (χ1n) is 10.7. The van der Waals surface area contributed by atoms with Crippen LogP contribution in [0, 0.1) is 6.92 Å². The number of carbonyl (C=O) groups is 2. The predicted molar refractivity (Wildman–Crippen MR) is 123 cm³/mol. The highest BCUT2D eigenvalue weighted by molar-refractivity contribution is 6.04. The monoisotopic (exact) mass is 414 g/mol. The summed E-state index contributed by atoms with van der Waals surface area (Å²) in [5.41, 5.74) is 4.96. The van der Waals surface area contributed by atoms with E-state index in [4.69, 9.17) is 0 Å². The fraction of sp³-hybridized carbons (Fsp3) is 0.231. The standard InChI is InChI=1S/C26H27N3O2/c1-18-12-14-21(15-13-18)26(20-8-4-3-5-9-20)27-17-25(31)29-19(2)16-24(30)28-22-10-6-7-11-23(22)29/h3-15,19,26-27H,16-17H2,1-2H3,(H,28,30)/p+1/t19-,26-/m1/s1. The van der Waals surface area contributed by atoms with Gasteiger partial charge in [0.15, 0.2) is 6.54 Å². The molecule has 4 rings (SSSR count). The zero-order chi connectivity index (χ0) is 21.8. The van der Waals surface area contributed by atoms with Crippen molar-refractivity contribution in [3.8, 4) is 0 Å². The Kier molecular flexibility index (Phi) is 6.14. The maximum Gasteiger partial charge on any atom is 0.282 e. The molecule has 0 saturated carbocycles. The Morgan fingerprint density at radius 2 is 1.65 bits per heavy atom. The molecule has 3 N–H and O–H groups in total. The third-order valence-corrected chi connectivity index (χ3v) is 5.75. The average molecular weight is 415 g/mol. The normalized spacial score (nSPS) is 16.8. The minimum atomic E-state index is -0.209. The molecule has 0 fully saturated rings. The average Bonchev–Trinajstić information content (AvgIpc) is 2.90. The molecule has 2 atom stereocenters. The summed E-state index contributed by atoms with van der Waals surface area (Å²) in [5.74, 6) is -0.0782. The van der Waals surface area contributed by atoms with Gasteiger partial charge in [-0.15, -0.1) is 0 Å². The number of carbonyl (C=O) groups excluding carboxylic acids is 2. The minimum Gasteiger partial charge on any atom is -0.328 e. The number of para-hydroxylation sites is 2. The minimum absolute atomic E-state index is 0.00973. The zero-order valence-corrected chi connectivity index (χ0v) is 17.9. The number of nitrogens with zero attached hydrogens (tertiary/aromatic N) is 1. The number of nitrogens with one attached hydrogen (secondary N) is 1. The molecule has 1 aliphatic rings. The van der Waals surface area contributed by atoms with E-state index in [1.807, 2.05) is 49.4 Å². The molecular formula is C26H28N3O2+. The fourth-order valence-electron chi connectivity index (χ4n) is 4.18. The molecule has 31 heavy (non-hydrogen) atoms. The smallest absolute Gasteiger partial charge is 0.282 e. The number of quaternary nitrogens is 1. The number of benzene rings is 3. The lowest BCUT2D eigenvalue weighted by atomic mass is 9.98. The van der Waals surface area contributed by atoms with Gasteiger partial charge in [-0.2, -0.15) is 0 Å². The first kappa shape index (κ1) is 20.8. The summed E-state index contributed by atoms with van der Waals surface area (Å²) in [4.78, 5) is 27.4. The van der Waals surface area contributed by atoms with Crippen LogP contribution in [-0.2, 0) is 9.59 Å². The highest BCUT2D eigenvalue weighted by atomic mass is 16.2. The molecule has 0 bridgehead atoms. The summed E-state index contributed by atoms with van der Waals surface area (Å²) in [6.45, 7) is 4.27. The summed E-state index contributed by atoms with van der Waals surface area (Å²) >= 11 is 0. The van der Waals surface area contributed by atoms with Gasteiger partial charge < -0.3 is 15.5 Å². The van der Waals surface area contributed by atoms with Gasteiger partial charge in [0, 0.05) is 23.6 Å². The molecule has 0 aromatic heterocycles. The predicted octanol–water partition coefficient (Wildman–Crippen LogP) is 3.41. The second-order valence-corrected chi connectivity index (χ2v) is 8.12. The molecule has 5 nitrogen and oxygen atoms in total. The summed E-state index contributed by atoms with van der Waals surface area (Å²) in [7, 11) is 0. The molecule has 0 spiro atoms. The molecule has 0 radical (unpaired) electrons. The van der Waals surface area contributed by atoms with Crippen LogP contribution in [0.5, 0.6) is 0 Å². The van der Waals surface area contributed by atoms with Crippen molar-refractivity contribution in [1.82, 2.24) is 0 Å². The molecular weight excluding hydrogens is 386 g/mol. The molecule has 3 aromatic rings. The number of aryl methyl sites for hydroxylation is 1. The lowest BCUT2D eigenvalue weighted by Gasteiger charge is -2.28. The van der Waals surface area contributed by atoms with E-state index in [1.165, 1.54) is 5.56 Å². The number of hydrogen-bond donors (Lipinski definition) is 2. The molecule has 1 heterocycles. The van der Waals surface area contributed by atoms with E-state index in [2.05, 4.69) is 54.0 Å². The van der Waals surface area contributed by atoms with Crippen LogP contribution in [-0.4, -0.2) is 24.4 Å². The van der Waals surface area contributed by atoms with E-state index >= 15 is 0 Å². The SMILES string of the molecule is Cc1ccc([C@H]([NH2+]CC(=O)N2c3ccccc3NC(=O)C[C@H]2C)c2ccccc2)cc1. The Morgan fingerprint density at radius 3 is 2.39 bits per heavy atom. The number of amides is 2. The van der Waals surface area contributed by atoms with E-state index < -0.39 is 0 Å². The van der Waals surface area contributed by atoms with Gasteiger partial charge in [-0.1, -0.05) is 72.3 Å². The van der Waals surface area contributed by atoms with Crippen LogP contribution in [0.2, 0.25) is 0 Å². The molecule has 5 heteroatoms. The van der Waals surface area contributed by atoms with E-state index in [0.717, 1.165) is 16.8 Å². The van der Waals surface area contributed by atoms with Crippen molar-refractivity contribution in [1.29, 1.82) is 0 Å². The van der Waals surface area contributed by atoms with Crippen LogP contribution >= 0.6 is 0 Å². The number of hydrogen-bond acceptors (Lipinski definition) is 2. The quantitative estimate of drug-likeness (QED) is 0.672. The van der Waals surface area contributed by atoms with E-state index in [1.54, 1.807) is 4.90 Å².